The van der Waals surface area contributed by atoms with Crippen molar-refractivity contribution in [3.05, 3.63) is 48.4 Å². The molecule has 1 atom stereocenters. The first-order chi connectivity index (χ1) is 12.1. The first kappa shape index (κ1) is 17.9. The van der Waals surface area contributed by atoms with Gasteiger partial charge >= 0.3 is 0 Å². The molecule has 1 aliphatic rings. The van der Waals surface area contributed by atoms with Gasteiger partial charge in [-0.3, -0.25) is 4.90 Å². The average Bonchev–Trinajstić information content (AvgIpc) is 3.17. The predicted molar refractivity (Wildman–Crippen MR) is 92.0 cm³/mol. The van der Waals surface area contributed by atoms with Crippen molar-refractivity contribution in [1.82, 2.24) is 9.62 Å². The molecule has 0 saturated carbocycles. The van der Waals surface area contributed by atoms with Gasteiger partial charge in [-0.15, -0.1) is 0 Å². The van der Waals surface area contributed by atoms with E-state index in [9.17, 15) is 8.42 Å². The molecule has 1 fully saturated rings. The molecule has 2 aromatic rings. The molecule has 0 aliphatic carbocycles. The zero-order valence-corrected chi connectivity index (χ0v) is 14.9. The van der Waals surface area contributed by atoms with Gasteiger partial charge in [0.1, 0.15) is 11.5 Å². The number of ether oxygens (including phenoxy) is 2. The topological polar surface area (TPSA) is 81.0 Å². The average molecular weight is 366 g/mol. The number of hydrogen-bond acceptors (Lipinski definition) is 6. The van der Waals surface area contributed by atoms with E-state index in [1.807, 2.05) is 6.07 Å². The first-order valence-corrected chi connectivity index (χ1v) is 9.57. The van der Waals surface area contributed by atoms with E-state index >= 15 is 0 Å². The van der Waals surface area contributed by atoms with Crippen LogP contribution in [0.25, 0.3) is 0 Å². The summed E-state index contributed by atoms with van der Waals surface area (Å²) in [6, 6.07) is 9.80. The van der Waals surface area contributed by atoms with Crippen molar-refractivity contribution in [2.75, 3.05) is 40.0 Å². The maximum Gasteiger partial charge on any atom is 0.240 e. The van der Waals surface area contributed by atoms with Gasteiger partial charge in [-0.1, -0.05) is 0 Å². The summed E-state index contributed by atoms with van der Waals surface area (Å²) in [7, 11) is -2.08. The minimum Gasteiger partial charge on any atom is -0.497 e. The molecule has 3 rings (SSSR count). The van der Waals surface area contributed by atoms with Crippen molar-refractivity contribution < 1.29 is 22.3 Å². The van der Waals surface area contributed by atoms with Crippen LogP contribution < -0.4 is 9.46 Å². The zero-order valence-electron chi connectivity index (χ0n) is 14.1. The molecule has 0 radical (unpaired) electrons. The Balaban J connectivity index is 1.73. The van der Waals surface area contributed by atoms with E-state index in [2.05, 4.69) is 9.62 Å². The molecular formula is C17H22N2O5S. The normalized spacial score (nSPS) is 17.3. The van der Waals surface area contributed by atoms with Gasteiger partial charge in [-0.05, 0) is 36.4 Å². The summed E-state index contributed by atoms with van der Waals surface area (Å²) in [4.78, 5) is 2.37. The molecule has 0 spiro atoms. The van der Waals surface area contributed by atoms with Crippen LogP contribution in [0.5, 0.6) is 5.75 Å². The Kier molecular flexibility index (Phi) is 5.74. The Morgan fingerprint density at radius 3 is 2.52 bits per heavy atom. The van der Waals surface area contributed by atoms with Gasteiger partial charge in [-0.25, -0.2) is 13.1 Å². The fraction of sp³-hybridized carbons (Fsp3) is 0.412. The van der Waals surface area contributed by atoms with E-state index in [4.69, 9.17) is 13.9 Å². The van der Waals surface area contributed by atoms with Crippen molar-refractivity contribution >= 4 is 10.0 Å². The van der Waals surface area contributed by atoms with Crippen LogP contribution in [0.2, 0.25) is 0 Å². The summed E-state index contributed by atoms with van der Waals surface area (Å²) >= 11 is 0. The Labute approximate surface area is 147 Å². The molecule has 7 nitrogen and oxygen atoms in total. The summed E-state index contributed by atoms with van der Waals surface area (Å²) < 4.78 is 43.8. The molecule has 1 aromatic carbocycles. The van der Waals surface area contributed by atoms with E-state index in [0.29, 0.717) is 19.0 Å². The largest absolute Gasteiger partial charge is 0.497 e. The van der Waals surface area contributed by atoms with Crippen LogP contribution in [0.4, 0.5) is 0 Å². The van der Waals surface area contributed by atoms with Crippen molar-refractivity contribution in [3.8, 4) is 5.75 Å². The smallest absolute Gasteiger partial charge is 0.240 e. The highest BCUT2D eigenvalue weighted by Gasteiger charge is 2.26. The van der Waals surface area contributed by atoms with Gasteiger partial charge in [0.25, 0.3) is 0 Å². The minimum atomic E-state index is -3.62. The van der Waals surface area contributed by atoms with Crippen molar-refractivity contribution in [3.63, 3.8) is 0 Å². The number of furan rings is 1. The molecule has 1 saturated heterocycles. The quantitative estimate of drug-likeness (QED) is 0.802. The SMILES string of the molecule is COc1ccc(S(=O)(=O)NC[C@@H](c2ccco2)N2CCOCC2)cc1. The van der Waals surface area contributed by atoms with Crippen molar-refractivity contribution in [2.24, 2.45) is 0 Å². The second kappa shape index (κ2) is 8.01. The minimum absolute atomic E-state index is 0.174. The second-order valence-corrected chi connectivity index (χ2v) is 7.47. The number of nitrogens with one attached hydrogen (secondary N) is 1. The highest BCUT2D eigenvalue weighted by Crippen LogP contribution is 2.23. The summed E-state index contributed by atoms with van der Waals surface area (Å²) in [6.45, 7) is 2.94. The lowest BCUT2D eigenvalue weighted by atomic mass is 10.2. The fourth-order valence-electron chi connectivity index (χ4n) is 2.81. The van der Waals surface area contributed by atoms with Gasteiger partial charge in [-0.2, -0.15) is 0 Å². The number of rotatable bonds is 7. The van der Waals surface area contributed by atoms with Gasteiger partial charge < -0.3 is 13.9 Å². The van der Waals surface area contributed by atoms with Gasteiger partial charge in [0.15, 0.2) is 0 Å². The van der Waals surface area contributed by atoms with Crippen LogP contribution in [0, 0.1) is 0 Å². The van der Waals surface area contributed by atoms with Gasteiger partial charge in [0.05, 0.1) is 37.5 Å². The van der Waals surface area contributed by atoms with E-state index in [0.717, 1.165) is 18.8 Å². The Morgan fingerprint density at radius 2 is 1.92 bits per heavy atom. The van der Waals surface area contributed by atoms with Crippen LogP contribution in [0.3, 0.4) is 0 Å². The van der Waals surface area contributed by atoms with Crippen LogP contribution in [0.15, 0.2) is 52.0 Å². The van der Waals surface area contributed by atoms with Crippen LogP contribution >= 0.6 is 0 Å². The standard InChI is InChI=1S/C17H22N2O5S/c1-22-14-4-6-15(7-5-14)25(20,21)18-13-16(17-3-2-10-24-17)19-8-11-23-12-9-19/h2-7,10,16,18H,8-9,11-13H2,1H3/t16-/m0/s1. The number of sulfonamides is 1. The maximum atomic E-state index is 12.6. The molecule has 1 aliphatic heterocycles. The third kappa shape index (κ3) is 4.40. The Bertz CT molecular complexity index is 753. The number of nitrogens with zero attached hydrogens (tertiary/aromatic N) is 1. The molecular weight excluding hydrogens is 344 g/mol. The predicted octanol–water partition coefficient (Wildman–Crippen LogP) is 1.64. The van der Waals surface area contributed by atoms with Crippen LogP contribution in [0.1, 0.15) is 11.8 Å². The first-order valence-electron chi connectivity index (χ1n) is 8.09. The van der Waals surface area contributed by atoms with E-state index < -0.39 is 10.0 Å². The molecule has 0 unspecified atom stereocenters. The summed E-state index contributed by atoms with van der Waals surface area (Å²) in [5.41, 5.74) is 0. The van der Waals surface area contributed by atoms with Crippen LogP contribution in [-0.2, 0) is 14.8 Å². The van der Waals surface area contributed by atoms with E-state index in [1.165, 1.54) is 19.2 Å². The highest BCUT2D eigenvalue weighted by atomic mass is 32.2. The monoisotopic (exact) mass is 366 g/mol. The molecule has 2 heterocycles. The molecule has 0 amide bonds. The van der Waals surface area contributed by atoms with Crippen molar-refractivity contribution in [2.45, 2.75) is 10.9 Å². The Morgan fingerprint density at radius 1 is 1.20 bits per heavy atom. The number of morpholine rings is 1. The summed E-state index contributed by atoms with van der Waals surface area (Å²) in [6.07, 6.45) is 1.60. The second-order valence-electron chi connectivity index (χ2n) is 5.71. The molecule has 1 aromatic heterocycles. The molecule has 8 heteroatoms. The highest BCUT2D eigenvalue weighted by molar-refractivity contribution is 7.89. The molecule has 136 valence electrons. The number of hydrogen-bond donors (Lipinski definition) is 1. The number of benzene rings is 1. The molecule has 0 bridgehead atoms. The van der Waals surface area contributed by atoms with Gasteiger partial charge in [0, 0.05) is 19.6 Å². The maximum absolute atomic E-state index is 12.6. The zero-order chi connectivity index (χ0) is 17.7. The lowest BCUT2D eigenvalue weighted by molar-refractivity contribution is 0.0128. The lowest BCUT2D eigenvalue weighted by Gasteiger charge is -2.33. The summed E-state index contributed by atoms with van der Waals surface area (Å²) in [5, 5.41) is 0. The third-order valence-corrected chi connectivity index (χ3v) is 5.63. The lowest BCUT2D eigenvalue weighted by Crippen LogP contribution is -2.43. The van der Waals surface area contributed by atoms with E-state index in [-0.39, 0.29) is 17.5 Å². The van der Waals surface area contributed by atoms with Gasteiger partial charge in [0.2, 0.25) is 10.0 Å². The number of methoxy groups -OCH3 is 1. The molecule has 1 N–H and O–H groups in total. The summed E-state index contributed by atoms with van der Waals surface area (Å²) in [5.74, 6) is 1.35. The molecule has 25 heavy (non-hydrogen) atoms. The van der Waals surface area contributed by atoms with Crippen LogP contribution in [-0.4, -0.2) is 53.3 Å². The Hall–Kier alpha value is -1.87. The van der Waals surface area contributed by atoms with Crippen molar-refractivity contribution in [1.29, 1.82) is 0 Å². The third-order valence-electron chi connectivity index (χ3n) is 4.19. The fourth-order valence-corrected chi connectivity index (χ4v) is 3.84. The van der Waals surface area contributed by atoms with E-state index in [1.54, 1.807) is 24.5 Å².